The predicted octanol–water partition coefficient (Wildman–Crippen LogP) is 2.44. The van der Waals surface area contributed by atoms with Crippen LogP contribution < -0.4 is 14.8 Å². The molecular weight excluding hydrogens is 324 g/mol. The summed E-state index contributed by atoms with van der Waals surface area (Å²) in [5, 5.41) is 5.11. The Morgan fingerprint density at radius 2 is 2.08 bits per heavy atom. The van der Waals surface area contributed by atoms with Gasteiger partial charge in [0.05, 0.1) is 20.8 Å². The second-order valence-corrected chi connectivity index (χ2v) is 6.80. The molecule has 1 amide bonds. The highest BCUT2D eigenvalue weighted by atomic mass is 32.1. The molecule has 0 unspecified atom stereocenters. The number of thiophene rings is 1. The van der Waals surface area contributed by atoms with E-state index in [9.17, 15) is 4.79 Å². The minimum atomic E-state index is 0.0449. The summed E-state index contributed by atoms with van der Waals surface area (Å²) in [6.45, 7) is 2.72. The monoisotopic (exact) mass is 346 g/mol. The number of carbonyl (C=O) groups is 1. The van der Waals surface area contributed by atoms with Gasteiger partial charge in [0.2, 0.25) is 5.91 Å². The molecule has 24 heavy (non-hydrogen) atoms. The van der Waals surface area contributed by atoms with E-state index in [4.69, 9.17) is 9.47 Å². The summed E-state index contributed by atoms with van der Waals surface area (Å²) in [6.07, 6.45) is 1.04. The van der Waals surface area contributed by atoms with Crippen LogP contribution >= 0.6 is 11.3 Å². The van der Waals surface area contributed by atoms with Gasteiger partial charge < -0.3 is 14.8 Å². The number of nitrogens with zero attached hydrogens (tertiary/aromatic N) is 1. The van der Waals surface area contributed by atoms with E-state index in [0.717, 1.165) is 25.1 Å². The van der Waals surface area contributed by atoms with Gasteiger partial charge in [-0.1, -0.05) is 6.07 Å². The van der Waals surface area contributed by atoms with E-state index < -0.39 is 0 Å². The van der Waals surface area contributed by atoms with Crippen molar-refractivity contribution in [3.05, 3.63) is 45.6 Å². The number of methoxy groups -OCH3 is 2. The number of benzene rings is 1. The largest absolute Gasteiger partial charge is 0.493 e. The topological polar surface area (TPSA) is 50.8 Å². The van der Waals surface area contributed by atoms with E-state index in [-0.39, 0.29) is 5.91 Å². The van der Waals surface area contributed by atoms with E-state index in [1.165, 1.54) is 10.4 Å². The molecule has 128 valence electrons. The molecule has 0 bridgehead atoms. The van der Waals surface area contributed by atoms with Crippen molar-refractivity contribution in [3.63, 3.8) is 0 Å². The lowest BCUT2D eigenvalue weighted by Crippen LogP contribution is -2.39. The van der Waals surface area contributed by atoms with Crippen molar-refractivity contribution in [2.75, 3.05) is 27.3 Å². The molecule has 1 aromatic heterocycles. The fourth-order valence-electron chi connectivity index (χ4n) is 2.89. The summed E-state index contributed by atoms with van der Waals surface area (Å²) >= 11 is 1.81. The van der Waals surface area contributed by atoms with Crippen LogP contribution in [-0.2, 0) is 24.3 Å². The number of hydrogen-bond donors (Lipinski definition) is 1. The zero-order chi connectivity index (χ0) is 16.9. The predicted molar refractivity (Wildman–Crippen MR) is 94.7 cm³/mol. The second kappa shape index (κ2) is 7.68. The summed E-state index contributed by atoms with van der Waals surface area (Å²) in [7, 11) is 3.21. The van der Waals surface area contributed by atoms with Crippen LogP contribution in [-0.4, -0.2) is 38.1 Å². The molecule has 5 nitrogen and oxygen atoms in total. The second-order valence-electron chi connectivity index (χ2n) is 5.80. The van der Waals surface area contributed by atoms with Crippen LogP contribution in [0.3, 0.4) is 0 Å². The number of fused-ring (bicyclic) bond motifs is 1. The maximum atomic E-state index is 12.2. The van der Waals surface area contributed by atoms with E-state index in [0.29, 0.717) is 24.6 Å². The van der Waals surface area contributed by atoms with E-state index >= 15 is 0 Å². The normalized spacial score (nSPS) is 14.1. The zero-order valence-electron chi connectivity index (χ0n) is 14.0. The highest BCUT2D eigenvalue weighted by molar-refractivity contribution is 7.10. The fraction of sp³-hybridized carbons (Fsp3) is 0.389. The van der Waals surface area contributed by atoms with E-state index in [1.54, 1.807) is 14.2 Å². The first kappa shape index (κ1) is 16.8. The van der Waals surface area contributed by atoms with Crippen LogP contribution in [0.25, 0.3) is 0 Å². The van der Waals surface area contributed by atoms with Gasteiger partial charge in [-0.25, -0.2) is 0 Å². The minimum Gasteiger partial charge on any atom is -0.493 e. The molecule has 0 saturated carbocycles. The number of carbonyl (C=O) groups excluding carboxylic acids is 1. The Morgan fingerprint density at radius 3 is 2.88 bits per heavy atom. The first-order chi connectivity index (χ1) is 11.7. The molecule has 2 aromatic rings. The van der Waals surface area contributed by atoms with Crippen LogP contribution in [0.2, 0.25) is 0 Å². The lowest BCUT2D eigenvalue weighted by atomic mass is 10.1. The van der Waals surface area contributed by atoms with Gasteiger partial charge in [-0.3, -0.25) is 9.69 Å². The first-order valence-electron chi connectivity index (χ1n) is 7.95. The van der Waals surface area contributed by atoms with Gasteiger partial charge in [0.15, 0.2) is 11.5 Å². The van der Waals surface area contributed by atoms with Gasteiger partial charge in [-0.2, -0.15) is 0 Å². The maximum absolute atomic E-state index is 12.2. The summed E-state index contributed by atoms with van der Waals surface area (Å²) in [5.74, 6) is 1.40. The molecule has 0 saturated heterocycles. The first-order valence-corrected chi connectivity index (χ1v) is 8.82. The van der Waals surface area contributed by atoms with Crippen molar-refractivity contribution in [2.45, 2.75) is 19.5 Å². The Morgan fingerprint density at radius 1 is 1.25 bits per heavy atom. The van der Waals surface area contributed by atoms with Gasteiger partial charge in [0.25, 0.3) is 0 Å². The number of hydrogen-bond acceptors (Lipinski definition) is 5. The Bertz CT molecular complexity index is 714. The molecule has 1 aliphatic rings. The van der Waals surface area contributed by atoms with Crippen molar-refractivity contribution in [1.29, 1.82) is 0 Å². The SMILES string of the molecule is COc1ccc(CNC(=O)CN2CCc3sccc3C2)cc1OC. The zero-order valence-corrected chi connectivity index (χ0v) is 14.8. The molecule has 1 aromatic carbocycles. The highest BCUT2D eigenvalue weighted by Crippen LogP contribution is 2.27. The Labute approximate surface area is 146 Å². The molecule has 0 spiro atoms. The summed E-state index contributed by atoms with van der Waals surface area (Å²) in [6, 6.07) is 7.83. The Hall–Kier alpha value is -2.05. The molecule has 0 radical (unpaired) electrons. The van der Waals surface area contributed by atoms with Crippen molar-refractivity contribution < 1.29 is 14.3 Å². The van der Waals surface area contributed by atoms with Crippen LogP contribution in [0.4, 0.5) is 0 Å². The third kappa shape index (κ3) is 3.88. The Balaban J connectivity index is 1.51. The van der Waals surface area contributed by atoms with Gasteiger partial charge in [-0.15, -0.1) is 11.3 Å². The highest BCUT2D eigenvalue weighted by Gasteiger charge is 2.19. The molecule has 2 heterocycles. The van der Waals surface area contributed by atoms with Crippen LogP contribution in [0.15, 0.2) is 29.6 Å². The number of rotatable bonds is 6. The standard InChI is InChI=1S/C18H22N2O3S/c1-22-15-4-3-13(9-16(15)23-2)10-19-18(21)12-20-7-5-17-14(11-20)6-8-24-17/h3-4,6,8-9H,5,7,10-12H2,1-2H3,(H,19,21). The molecule has 6 heteroatoms. The Kier molecular flexibility index (Phi) is 5.37. The van der Waals surface area contributed by atoms with Crippen molar-refractivity contribution >= 4 is 17.2 Å². The number of amides is 1. The van der Waals surface area contributed by atoms with Gasteiger partial charge in [0, 0.05) is 24.5 Å². The van der Waals surface area contributed by atoms with Crippen molar-refractivity contribution in [2.24, 2.45) is 0 Å². The molecule has 0 aliphatic carbocycles. The average molecular weight is 346 g/mol. The fourth-order valence-corrected chi connectivity index (χ4v) is 3.78. The molecule has 1 aliphatic heterocycles. The average Bonchev–Trinajstić information content (AvgIpc) is 3.07. The van der Waals surface area contributed by atoms with Crippen LogP contribution in [0, 0.1) is 0 Å². The molecule has 0 fully saturated rings. The molecular formula is C18H22N2O3S. The maximum Gasteiger partial charge on any atom is 0.234 e. The smallest absolute Gasteiger partial charge is 0.234 e. The number of ether oxygens (including phenoxy) is 2. The summed E-state index contributed by atoms with van der Waals surface area (Å²) in [5.41, 5.74) is 2.35. The molecule has 1 N–H and O–H groups in total. The van der Waals surface area contributed by atoms with Crippen LogP contribution in [0.5, 0.6) is 11.5 Å². The lowest BCUT2D eigenvalue weighted by Gasteiger charge is -2.26. The molecule has 3 rings (SSSR count). The van der Waals surface area contributed by atoms with Crippen LogP contribution in [0.1, 0.15) is 16.0 Å². The van der Waals surface area contributed by atoms with E-state index in [1.807, 2.05) is 29.5 Å². The van der Waals surface area contributed by atoms with Crippen molar-refractivity contribution in [1.82, 2.24) is 10.2 Å². The summed E-state index contributed by atoms with van der Waals surface area (Å²) < 4.78 is 10.5. The van der Waals surface area contributed by atoms with Gasteiger partial charge in [0.1, 0.15) is 0 Å². The molecule has 0 atom stereocenters. The van der Waals surface area contributed by atoms with Gasteiger partial charge in [-0.05, 0) is 41.1 Å². The third-order valence-corrected chi connectivity index (χ3v) is 5.21. The van der Waals surface area contributed by atoms with Crippen molar-refractivity contribution in [3.8, 4) is 11.5 Å². The van der Waals surface area contributed by atoms with Gasteiger partial charge >= 0.3 is 0 Å². The quantitative estimate of drug-likeness (QED) is 0.873. The minimum absolute atomic E-state index is 0.0449. The number of nitrogens with one attached hydrogen (secondary N) is 1. The lowest BCUT2D eigenvalue weighted by molar-refractivity contribution is -0.122. The van der Waals surface area contributed by atoms with E-state index in [2.05, 4.69) is 21.7 Å². The summed E-state index contributed by atoms with van der Waals surface area (Å²) in [4.78, 5) is 15.9. The third-order valence-electron chi connectivity index (χ3n) is 4.19.